The lowest BCUT2D eigenvalue weighted by molar-refractivity contribution is 0.468. The number of phenolic OH excluding ortho intramolecular Hbond substituents is 1. The van der Waals surface area contributed by atoms with Crippen molar-refractivity contribution in [3.8, 4) is 5.75 Å². The van der Waals surface area contributed by atoms with Crippen molar-refractivity contribution in [2.45, 2.75) is 23.7 Å². The molecule has 18 heavy (non-hydrogen) atoms. The summed E-state index contributed by atoms with van der Waals surface area (Å²) in [5, 5.41) is 12.6. The fourth-order valence-corrected chi connectivity index (χ4v) is 4.29. The minimum Gasteiger partial charge on any atom is -0.508 e. The highest BCUT2D eigenvalue weighted by Gasteiger charge is 2.40. The number of aryl methyl sites for hydroxylation is 1. The summed E-state index contributed by atoms with van der Waals surface area (Å²) in [5.74, 6) is -0.476. The van der Waals surface area contributed by atoms with Crippen LogP contribution in [-0.4, -0.2) is 28.8 Å². The molecule has 8 heteroatoms. The van der Waals surface area contributed by atoms with E-state index in [1.54, 1.807) is 19.9 Å². The predicted octanol–water partition coefficient (Wildman–Crippen LogP) is 1.03. The van der Waals surface area contributed by atoms with Gasteiger partial charge in [-0.15, -0.1) is 0 Å². The van der Waals surface area contributed by atoms with Gasteiger partial charge in [-0.1, -0.05) is 11.8 Å². The van der Waals surface area contributed by atoms with Crippen LogP contribution < -0.4 is 11.1 Å². The number of aromatic hydroxyl groups is 1. The molecule has 0 radical (unpaired) electrons. The highest BCUT2D eigenvalue weighted by atomic mass is 32.2. The van der Waals surface area contributed by atoms with Gasteiger partial charge in [0.1, 0.15) is 11.5 Å². The Kier molecular flexibility index (Phi) is 3.01. The third-order valence-electron chi connectivity index (χ3n) is 2.72. The molecule has 0 saturated heterocycles. The van der Waals surface area contributed by atoms with Crippen LogP contribution in [0.5, 0.6) is 5.75 Å². The lowest BCUT2D eigenvalue weighted by Crippen LogP contribution is -2.47. The molecule has 0 fully saturated rings. The zero-order valence-corrected chi connectivity index (χ0v) is 11.5. The molecule has 1 heterocycles. The van der Waals surface area contributed by atoms with Crippen molar-refractivity contribution in [1.82, 2.24) is 0 Å². The van der Waals surface area contributed by atoms with Crippen molar-refractivity contribution in [2.75, 3.05) is 11.1 Å². The molecule has 2 rings (SSSR count). The van der Waals surface area contributed by atoms with E-state index in [0.717, 1.165) is 17.3 Å². The molecule has 1 aromatic carbocycles. The van der Waals surface area contributed by atoms with E-state index in [2.05, 4.69) is 5.32 Å². The van der Waals surface area contributed by atoms with Crippen LogP contribution in [0.3, 0.4) is 0 Å². The summed E-state index contributed by atoms with van der Waals surface area (Å²) in [6.07, 6.45) is 0. The molecule has 1 atom stereocenters. The highest BCUT2D eigenvalue weighted by Crippen LogP contribution is 2.48. The van der Waals surface area contributed by atoms with Gasteiger partial charge in [-0.3, -0.25) is 10.3 Å². The van der Waals surface area contributed by atoms with Gasteiger partial charge in [0.25, 0.3) is 10.1 Å². The number of nitrogens with two attached hydrogens (primary N) is 1. The van der Waals surface area contributed by atoms with Crippen molar-refractivity contribution in [2.24, 2.45) is 5.73 Å². The minimum absolute atomic E-state index is 0.136. The number of hydrogen-bond acceptors (Lipinski definition) is 6. The second-order valence-electron chi connectivity index (χ2n) is 4.38. The van der Waals surface area contributed by atoms with E-state index in [1.165, 1.54) is 0 Å². The Bertz CT molecular complexity index is 615. The summed E-state index contributed by atoms with van der Waals surface area (Å²) in [4.78, 5) is -0.613. The molecular weight excluding hydrogens is 276 g/mol. The second-order valence-corrected chi connectivity index (χ2v) is 7.18. The molecule has 1 aliphatic heterocycles. The van der Waals surface area contributed by atoms with Gasteiger partial charge in [0.2, 0.25) is 0 Å². The van der Waals surface area contributed by atoms with E-state index >= 15 is 0 Å². The summed E-state index contributed by atoms with van der Waals surface area (Å²) in [6, 6.07) is 1.58. The van der Waals surface area contributed by atoms with E-state index < -0.39 is 20.9 Å². The zero-order chi connectivity index (χ0) is 13.7. The van der Waals surface area contributed by atoms with Crippen molar-refractivity contribution < 1.29 is 18.1 Å². The molecule has 6 nitrogen and oxygen atoms in total. The third-order valence-corrected chi connectivity index (χ3v) is 5.04. The van der Waals surface area contributed by atoms with E-state index in [-0.39, 0.29) is 5.75 Å². The van der Waals surface area contributed by atoms with Crippen LogP contribution in [0.25, 0.3) is 0 Å². The summed E-state index contributed by atoms with van der Waals surface area (Å²) >= 11 is 1.09. The molecule has 1 unspecified atom stereocenters. The molecule has 100 valence electrons. The van der Waals surface area contributed by atoms with Gasteiger partial charge in [0.15, 0.2) is 4.99 Å². The van der Waals surface area contributed by atoms with Crippen molar-refractivity contribution >= 4 is 27.6 Å². The number of thioether (sulfide) groups is 1. The van der Waals surface area contributed by atoms with Gasteiger partial charge < -0.3 is 10.4 Å². The predicted molar refractivity (Wildman–Crippen MR) is 70.4 cm³/mol. The van der Waals surface area contributed by atoms with E-state index in [1.807, 2.05) is 0 Å². The molecule has 1 aromatic rings. The molecule has 0 aliphatic carbocycles. The van der Waals surface area contributed by atoms with Crippen molar-refractivity contribution in [1.29, 1.82) is 0 Å². The first-order valence-corrected chi connectivity index (χ1v) is 7.58. The monoisotopic (exact) mass is 290 g/mol. The average molecular weight is 290 g/mol. The Balaban J connectivity index is 2.44. The van der Waals surface area contributed by atoms with Crippen LogP contribution in [0, 0.1) is 13.8 Å². The van der Waals surface area contributed by atoms with Crippen LogP contribution >= 0.6 is 11.8 Å². The number of fused-ring (bicyclic) bond motifs is 1. The fourth-order valence-electron chi connectivity index (χ4n) is 1.91. The molecule has 0 saturated carbocycles. The fraction of sp³-hybridized carbons (Fsp3) is 0.400. The van der Waals surface area contributed by atoms with E-state index in [9.17, 15) is 13.5 Å². The smallest absolute Gasteiger partial charge is 0.269 e. The van der Waals surface area contributed by atoms with Gasteiger partial charge in [-0.25, -0.2) is 0 Å². The van der Waals surface area contributed by atoms with Gasteiger partial charge >= 0.3 is 0 Å². The topological polar surface area (TPSA) is 113 Å². The molecule has 0 spiro atoms. The maximum Gasteiger partial charge on any atom is 0.269 e. The quantitative estimate of drug-likeness (QED) is 0.475. The highest BCUT2D eigenvalue weighted by molar-refractivity contribution is 8.02. The number of anilines is 1. The molecular formula is C10H14N2O4S2. The zero-order valence-electron chi connectivity index (χ0n) is 9.89. The Labute approximate surface area is 109 Å². The first-order chi connectivity index (χ1) is 8.11. The van der Waals surface area contributed by atoms with E-state index in [0.29, 0.717) is 16.1 Å². The van der Waals surface area contributed by atoms with Crippen LogP contribution in [-0.2, 0) is 10.1 Å². The lowest BCUT2D eigenvalue weighted by atomic mass is 10.1. The van der Waals surface area contributed by atoms with Crippen molar-refractivity contribution in [3.63, 3.8) is 0 Å². The Morgan fingerprint density at radius 1 is 1.50 bits per heavy atom. The molecule has 0 bridgehead atoms. The standard InChI is InChI=1S/C10H14N2O4S2/c1-5-3-7(13)6(2)9-8(5)12-10(11,17-9)4-18(14,15)16/h3,12-13H,4,11H2,1-2H3,(H,14,15,16). The SMILES string of the molecule is Cc1cc(O)c(C)c2c1NC(N)(CS(=O)(=O)O)S2. The van der Waals surface area contributed by atoms with E-state index in [4.69, 9.17) is 10.3 Å². The summed E-state index contributed by atoms with van der Waals surface area (Å²) < 4.78 is 30.8. The summed E-state index contributed by atoms with van der Waals surface area (Å²) in [5.41, 5.74) is 8.01. The minimum atomic E-state index is -4.19. The molecule has 0 amide bonds. The molecule has 0 aromatic heterocycles. The van der Waals surface area contributed by atoms with Crippen LogP contribution in [0.15, 0.2) is 11.0 Å². The maximum atomic E-state index is 11.0. The Morgan fingerprint density at radius 2 is 2.11 bits per heavy atom. The normalized spacial score (nSPS) is 22.7. The van der Waals surface area contributed by atoms with Crippen LogP contribution in [0.4, 0.5) is 5.69 Å². The Hall–Kier alpha value is -0.960. The van der Waals surface area contributed by atoms with Gasteiger partial charge in [-0.05, 0) is 25.5 Å². The lowest BCUT2D eigenvalue weighted by Gasteiger charge is -2.22. The number of nitrogens with one attached hydrogen (secondary N) is 1. The first-order valence-electron chi connectivity index (χ1n) is 5.16. The molecule has 1 aliphatic rings. The third kappa shape index (κ3) is 2.41. The Morgan fingerprint density at radius 3 is 2.67 bits per heavy atom. The average Bonchev–Trinajstić information content (AvgIpc) is 2.50. The van der Waals surface area contributed by atoms with Gasteiger partial charge in [-0.2, -0.15) is 8.42 Å². The number of phenols is 1. The van der Waals surface area contributed by atoms with Gasteiger partial charge in [0, 0.05) is 10.5 Å². The van der Waals surface area contributed by atoms with Crippen LogP contribution in [0.1, 0.15) is 11.1 Å². The first kappa shape index (κ1) is 13.5. The number of benzene rings is 1. The van der Waals surface area contributed by atoms with Crippen molar-refractivity contribution in [3.05, 3.63) is 17.2 Å². The maximum absolute atomic E-state index is 11.0. The van der Waals surface area contributed by atoms with Crippen LogP contribution in [0.2, 0.25) is 0 Å². The second kappa shape index (κ2) is 4.02. The summed E-state index contributed by atoms with van der Waals surface area (Å²) in [7, 11) is -4.19. The number of rotatable bonds is 2. The number of hydrogen-bond donors (Lipinski definition) is 4. The largest absolute Gasteiger partial charge is 0.508 e. The van der Waals surface area contributed by atoms with Gasteiger partial charge in [0.05, 0.1) is 5.69 Å². The summed E-state index contributed by atoms with van der Waals surface area (Å²) in [6.45, 7) is 3.51. The molecule has 5 N–H and O–H groups in total.